The van der Waals surface area contributed by atoms with Gasteiger partial charge in [0, 0.05) is 16.1 Å². The fourth-order valence-corrected chi connectivity index (χ4v) is 4.00. The maximum absolute atomic E-state index is 13.4. The molecule has 26 heavy (non-hydrogen) atoms. The van der Waals surface area contributed by atoms with Crippen LogP contribution in [0.2, 0.25) is 0 Å². The van der Waals surface area contributed by atoms with E-state index in [9.17, 15) is 4.39 Å². The molecule has 0 spiro atoms. The number of rotatable bonds is 2. The van der Waals surface area contributed by atoms with E-state index in [0.717, 1.165) is 28.3 Å². The number of nitrogens with one attached hydrogen (secondary N) is 1. The Morgan fingerprint density at radius 1 is 1.04 bits per heavy atom. The summed E-state index contributed by atoms with van der Waals surface area (Å²) in [6.07, 6.45) is 0. The maximum atomic E-state index is 13.4. The number of nitrogen functional groups attached to an aromatic ring is 1. The number of hydrogen-bond acceptors (Lipinski definition) is 5. The summed E-state index contributed by atoms with van der Waals surface area (Å²) in [4.78, 5) is 10.4. The number of fused-ring (bicyclic) bond motifs is 2. The molecule has 5 rings (SSSR count). The van der Waals surface area contributed by atoms with Crippen LogP contribution in [0.15, 0.2) is 59.5 Å². The monoisotopic (exact) mass is 363 g/mol. The molecule has 128 valence electrons. The Kier molecular flexibility index (Phi) is 3.36. The van der Waals surface area contributed by atoms with Crippen LogP contribution >= 0.6 is 11.8 Å². The maximum Gasteiger partial charge on any atom is 0.167 e. The molecule has 0 saturated heterocycles. The largest absolute Gasteiger partial charge is 0.384 e. The molecule has 3 N–H and O–H groups in total. The Labute approximate surface area is 153 Å². The van der Waals surface area contributed by atoms with Gasteiger partial charge in [-0.15, -0.1) is 11.8 Å². The first-order valence-electron chi connectivity index (χ1n) is 8.11. The van der Waals surface area contributed by atoms with E-state index in [1.165, 1.54) is 17.0 Å². The molecular formula is C19H14FN5S. The van der Waals surface area contributed by atoms with Crippen molar-refractivity contribution in [1.82, 2.24) is 14.5 Å². The van der Waals surface area contributed by atoms with Gasteiger partial charge in [-0.05, 0) is 54.6 Å². The van der Waals surface area contributed by atoms with E-state index in [1.54, 1.807) is 30.0 Å². The first kappa shape index (κ1) is 15.2. The van der Waals surface area contributed by atoms with E-state index in [2.05, 4.69) is 22.4 Å². The van der Waals surface area contributed by atoms with Gasteiger partial charge in [0.05, 0.1) is 11.6 Å². The van der Waals surface area contributed by atoms with Crippen molar-refractivity contribution in [2.24, 2.45) is 0 Å². The molecule has 1 aliphatic rings. The molecule has 2 aromatic carbocycles. The number of halogens is 1. The van der Waals surface area contributed by atoms with Crippen LogP contribution in [0, 0.1) is 5.82 Å². The second kappa shape index (κ2) is 5.74. The van der Waals surface area contributed by atoms with Crippen molar-refractivity contribution < 1.29 is 4.39 Å². The van der Waals surface area contributed by atoms with Crippen LogP contribution in [-0.2, 0) is 0 Å². The number of hydrogen-bond donors (Lipinski definition) is 2. The lowest BCUT2D eigenvalue weighted by Crippen LogP contribution is -2.00. The van der Waals surface area contributed by atoms with E-state index in [1.807, 2.05) is 16.7 Å². The number of thioether (sulfide) groups is 1. The van der Waals surface area contributed by atoms with Crippen molar-refractivity contribution in [2.75, 3.05) is 16.9 Å². The summed E-state index contributed by atoms with van der Waals surface area (Å²) in [6, 6.07) is 16.1. The summed E-state index contributed by atoms with van der Waals surface area (Å²) < 4.78 is 15.3. The first-order valence-corrected chi connectivity index (χ1v) is 9.09. The first-order chi connectivity index (χ1) is 12.7. The van der Waals surface area contributed by atoms with Crippen LogP contribution in [0.5, 0.6) is 0 Å². The van der Waals surface area contributed by atoms with Crippen molar-refractivity contribution in [3.05, 3.63) is 60.4 Å². The number of nitrogens with zero attached hydrogens (tertiary/aromatic N) is 3. The van der Waals surface area contributed by atoms with Crippen LogP contribution in [0.4, 0.5) is 15.9 Å². The fraction of sp³-hybridized carbons (Fsp3) is 0.0526. The molecule has 0 fully saturated rings. The van der Waals surface area contributed by atoms with Crippen molar-refractivity contribution in [3.63, 3.8) is 0 Å². The molecular weight excluding hydrogens is 349 g/mol. The predicted molar refractivity (Wildman–Crippen MR) is 103 cm³/mol. The normalized spacial score (nSPS) is 13.0. The third kappa shape index (κ3) is 2.40. The molecule has 3 heterocycles. The quantitative estimate of drug-likeness (QED) is 0.556. The second-order valence-electron chi connectivity index (χ2n) is 6.00. The third-order valence-electron chi connectivity index (χ3n) is 4.34. The minimum atomic E-state index is -0.279. The lowest BCUT2D eigenvalue weighted by Gasteiger charge is -2.10. The van der Waals surface area contributed by atoms with Gasteiger partial charge in [0.1, 0.15) is 23.0 Å². The van der Waals surface area contributed by atoms with Gasteiger partial charge in [-0.3, -0.25) is 4.57 Å². The summed E-state index contributed by atoms with van der Waals surface area (Å²) in [6.45, 7) is 0. The van der Waals surface area contributed by atoms with Gasteiger partial charge in [-0.2, -0.15) is 0 Å². The van der Waals surface area contributed by atoms with E-state index < -0.39 is 0 Å². The van der Waals surface area contributed by atoms with Gasteiger partial charge in [0.15, 0.2) is 5.65 Å². The summed E-state index contributed by atoms with van der Waals surface area (Å²) >= 11 is 1.75. The van der Waals surface area contributed by atoms with Crippen LogP contribution in [0.25, 0.3) is 28.2 Å². The zero-order valence-corrected chi connectivity index (χ0v) is 14.4. The molecule has 7 heteroatoms. The van der Waals surface area contributed by atoms with Crippen LogP contribution in [-0.4, -0.2) is 20.4 Å². The van der Waals surface area contributed by atoms with Gasteiger partial charge in [-0.25, -0.2) is 14.4 Å². The highest BCUT2D eigenvalue weighted by atomic mass is 32.2. The molecule has 1 aliphatic heterocycles. The molecule has 0 aliphatic carbocycles. The molecule has 4 aromatic rings. The Morgan fingerprint density at radius 3 is 2.73 bits per heavy atom. The zero-order valence-electron chi connectivity index (χ0n) is 13.6. The number of aromatic nitrogens is 3. The minimum absolute atomic E-state index is 0.279. The van der Waals surface area contributed by atoms with Crippen molar-refractivity contribution in [1.29, 1.82) is 0 Å². The number of benzene rings is 2. The summed E-state index contributed by atoms with van der Waals surface area (Å²) in [5, 5.41) is 3.33. The molecule has 0 atom stereocenters. The van der Waals surface area contributed by atoms with E-state index in [0.29, 0.717) is 17.3 Å². The smallest absolute Gasteiger partial charge is 0.167 e. The Hall–Kier alpha value is -3.06. The summed E-state index contributed by atoms with van der Waals surface area (Å²) in [5.74, 6) is 1.72. The van der Waals surface area contributed by atoms with E-state index in [4.69, 9.17) is 10.7 Å². The van der Waals surface area contributed by atoms with Crippen LogP contribution in [0.3, 0.4) is 0 Å². The molecule has 0 amide bonds. The van der Waals surface area contributed by atoms with Gasteiger partial charge in [0.25, 0.3) is 0 Å². The van der Waals surface area contributed by atoms with E-state index in [-0.39, 0.29) is 5.82 Å². The highest BCUT2D eigenvalue weighted by molar-refractivity contribution is 7.99. The molecule has 5 nitrogen and oxygen atoms in total. The lowest BCUT2D eigenvalue weighted by molar-refractivity contribution is 0.628. The number of anilines is 2. The lowest BCUT2D eigenvalue weighted by atomic mass is 10.2. The van der Waals surface area contributed by atoms with Gasteiger partial charge in [0.2, 0.25) is 0 Å². The standard InChI is InChI=1S/C19H14FN5S/c20-12-3-1-11(2-4-12)18-23-15-7-8-17(21)24-19(15)25(18)13-5-6-14-16(9-13)26-10-22-14/h1-9,22H,10H2,(H2,21,24). The third-order valence-corrected chi connectivity index (χ3v) is 5.28. The van der Waals surface area contributed by atoms with Crippen LogP contribution < -0.4 is 11.1 Å². The average molecular weight is 363 g/mol. The van der Waals surface area contributed by atoms with Gasteiger partial charge < -0.3 is 11.1 Å². The van der Waals surface area contributed by atoms with Gasteiger partial charge >= 0.3 is 0 Å². The summed E-state index contributed by atoms with van der Waals surface area (Å²) in [7, 11) is 0. The Bertz CT molecular complexity index is 1140. The minimum Gasteiger partial charge on any atom is -0.384 e. The topological polar surface area (TPSA) is 68.8 Å². The van der Waals surface area contributed by atoms with Gasteiger partial charge in [-0.1, -0.05) is 0 Å². The highest BCUT2D eigenvalue weighted by Crippen LogP contribution is 2.37. The molecule has 0 bridgehead atoms. The molecule has 0 radical (unpaired) electrons. The average Bonchev–Trinajstić information content (AvgIpc) is 3.25. The fourth-order valence-electron chi connectivity index (χ4n) is 3.12. The van der Waals surface area contributed by atoms with Crippen molar-refractivity contribution in [2.45, 2.75) is 4.90 Å². The predicted octanol–water partition coefficient (Wildman–Crippen LogP) is 4.28. The number of nitrogens with two attached hydrogens (primary N) is 1. The SMILES string of the molecule is Nc1ccc2nc(-c3ccc(F)cc3)n(-c3ccc4c(c3)SCN4)c2n1. The zero-order chi connectivity index (χ0) is 17.7. The molecule has 0 saturated carbocycles. The molecule has 0 unspecified atom stereocenters. The van der Waals surface area contributed by atoms with Crippen molar-refractivity contribution in [3.8, 4) is 17.1 Å². The molecule has 2 aromatic heterocycles. The highest BCUT2D eigenvalue weighted by Gasteiger charge is 2.18. The number of imidazole rings is 1. The number of pyridine rings is 1. The second-order valence-corrected chi connectivity index (χ2v) is 7.02. The Morgan fingerprint density at radius 2 is 1.88 bits per heavy atom. The van der Waals surface area contributed by atoms with Crippen molar-refractivity contribution >= 4 is 34.4 Å². The van der Waals surface area contributed by atoms with Crippen LogP contribution in [0.1, 0.15) is 0 Å². The Balaban J connectivity index is 1.80. The van der Waals surface area contributed by atoms with E-state index >= 15 is 0 Å². The summed E-state index contributed by atoms with van der Waals surface area (Å²) in [5.41, 5.74) is 10.2.